The summed E-state index contributed by atoms with van der Waals surface area (Å²) in [5.41, 5.74) is 0. The van der Waals surface area contributed by atoms with E-state index in [4.69, 9.17) is 21.0 Å². The molecule has 0 atom stereocenters. The summed E-state index contributed by atoms with van der Waals surface area (Å²) in [5.74, 6) is 0. The van der Waals surface area contributed by atoms with E-state index < -0.39 is 0 Å². The maximum atomic E-state index is 7.00. The van der Waals surface area contributed by atoms with Crippen LogP contribution >= 0.6 is 0 Å². The Morgan fingerprint density at radius 2 is 0.571 bits per heavy atom. The molecule has 0 rings (SSSR count). The van der Waals surface area contributed by atoms with E-state index in [1.807, 2.05) is 0 Å². The summed E-state index contributed by atoms with van der Waals surface area (Å²) in [4.78, 5) is 0. The van der Waals surface area contributed by atoms with Crippen molar-refractivity contribution in [2.45, 2.75) is 0 Å². The van der Waals surface area contributed by atoms with E-state index >= 15 is 0 Å². The molecule has 0 aliphatic rings. The fourth-order valence-electron chi connectivity index (χ4n) is 0. The van der Waals surface area contributed by atoms with Crippen molar-refractivity contribution in [3.63, 3.8) is 0 Å². The quantitative estimate of drug-likeness (QED) is 0.236. The molecule has 0 aromatic rings. The van der Waals surface area contributed by atoms with Gasteiger partial charge in [-0.1, -0.05) is 0 Å². The fraction of sp³-hybridized carbons (Fsp3) is 0. The number of rotatable bonds is 0. The Labute approximate surface area is 137 Å². The van der Waals surface area contributed by atoms with Gasteiger partial charge in [-0.05, 0) is 0 Å². The topological polar surface area (TPSA) is 92.2 Å². The van der Waals surface area contributed by atoms with Gasteiger partial charge in [0.1, 0.15) is 0 Å². The first-order valence-electron chi connectivity index (χ1n) is 0.333. The van der Waals surface area contributed by atoms with Crippen molar-refractivity contribution in [3.8, 4) is 0 Å². The summed E-state index contributed by atoms with van der Waals surface area (Å²) in [6.07, 6.45) is 0. The van der Waals surface area contributed by atoms with E-state index in [0.717, 1.165) is 0 Å². The van der Waals surface area contributed by atoms with Gasteiger partial charge in [-0.3, -0.25) is 0 Å². The first-order valence-corrected chi connectivity index (χ1v) is 0.333. The molecule has 32 valence electrons. The van der Waals surface area contributed by atoms with Crippen molar-refractivity contribution in [1.82, 2.24) is 0 Å². The molecule has 7 heteroatoms. The molecule has 0 unspecified atom stereocenters. The van der Waals surface area contributed by atoms with E-state index in [1.54, 1.807) is 0 Å². The molecule has 0 aliphatic heterocycles. The van der Waals surface area contributed by atoms with Crippen LogP contribution in [0.1, 0.15) is 0 Å². The molecule has 0 aliphatic carbocycles. The minimum absolute atomic E-state index is 0. The van der Waals surface area contributed by atoms with E-state index in [0.29, 0.717) is 0 Å². The zero-order valence-corrected chi connectivity index (χ0v) is 14.0. The Morgan fingerprint density at radius 1 is 0.571 bits per heavy atom. The van der Waals surface area contributed by atoms with Crippen LogP contribution in [0.2, 0.25) is 0 Å². The third-order valence-corrected chi connectivity index (χ3v) is 0. The number of hydrogen-bond donors (Lipinski definition) is 0. The molecule has 0 N–H and O–H groups in total. The molecule has 0 heterocycles. The zero-order chi connectivity index (χ0) is 4.00. The molecule has 4 nitrogen and oxygen atoms in total. The molecule has 0 saturated heterocycles. The van der Waals surface area contributed by atoms with Crippen LogP contribution < -0.4 is 21.0 Å². The third-order valence-electron chi connectivity index (χ3n) is 0. The van der Waals surface area contributed by atoms with Gasteiger partial charge >= 0.3 is 97.8 Å². The van der Waals surface area contributed by atoms with Crippen LogP contribution in [0, 0.1) is 0 Å². The standard InChI is InChI=1S/2Ba.2O2.Ti/c;;2*1-2;/q2*+2;2*-2;. The predicted molar refractivity (Wildman–Crippen MR) is 11.5 cm³/mol. The van der Waals surface area contributed by atoms with E-state index in [9.17, 15) is 0 Å². The average Bonchev–Trinajstić information content (AvgIpc) is 1.50. The fourth-order valence-corrected chi connectivity index (χ4v) is 0. The largest absolute Gasteiger partial charge is 2.00 e. The Kier molecular flexibility index (Phi) is 238. The Hall–Kier alpha value is 3.70. The maximum Gasteiger partial charge on any atom is 2.00 e. The van der Waals surface area contributed by atoms with Gasteiger partial charge < -0.3 is 21.0 Å². The second-order valence-electron chi connectivity index (χ2n) is 0. The number of hydrogen-bond acceptors (Lipinski definition) is 4. The van der Waals surface area contributed by atoms with Crippen LogP contribution in [0.3, 0.4) is 0 Å². The summed E-state index contributed by atoms with van der Waals surface area (Å²) < 4.78 is 0. The second-order valence-corrected chi connectivity index (χ2v) is 0. The third kappa shape index (κ3) is 42.0. The second kappa shape index (κ2) is 53.7. The van der Waals surface area contributed by atoms with E-state index in [2.05, 4.69) is 0 Å². The minimum Gasteiger partial charge on any atom is -1.00 e. The predicted octanol–water partition coefficient (Wildman–Crippen LogP) is -5.52. The summed E-state index contributed by atoms with van der Waals surface area (Å²) in [6.45, 7) is 0. The maximum absolute atomic E-state index is 7.00. The normalized spacial score (nSPS) is 1.71. The van der Waals surface area contributed by atoms with Crippen LogP contribution in [0.5, 0.6) is 0 Å². The Balaban J connectivity index is -0.00000000267. The van der Waals surface area contributed by atoms with Crippen molar-refractivity contribution < 1.29 is 42.7 Å². The zero-order valence-electron chi connectivity index (χ0n) is 3.55. The van der Waals surface area contributed by atoms with Gasteiger partial charge in [-0.2, -0.15) is 0 Å². The summed E-state index contributed by atoms with van der Waals surface area (Å²) in [6, 6.07) is 0. The summed E-state index contributed by atoms with van der Waals surface area (Å²) >= 11 is 0. The van der Waals surface area contributed by atoms with Gasteiger partial charge in [0.25, 0.3) is 0 Å². The van der Waals surface area contributed by atoms with Crippen LogP contribution in [0.15, 0.2) is 0 Å². The van der Waals surface area contributed by atoms with Crippen LogP contribution in [0.25, 0.3) is 0 Å². The monoisotopic (exact) mass is 388 g/mol. The Morgan fingerprint density at radius 3 is 0.571 bits per heavy atom. The van der Waals surface area contributed by atoms with Crippen molar-refractivity contribution >= 4 is 97.8 Å². The van der Waals surface area contributed by atoms with Crippen LogP contribution in [-0.2, 0) is 21.7 Å². The first kappa shape index (κ1) is 31.0. The molecular weight excluding hydrogens is 387 g/mol. The van der Waals surface area contributed by atoms with Gasteiger partial charge in [0.05, 0.1) is 0 Å². The average molecular weight is 387 g/mol. The minimum atomic E-state index is 0. The van der Waals surface area contributed by atoms with Crippen molar-refractivity contribution in [2.75, 3.05) is 0 Å². The van der Waals surface area contributed by atoms with E-state index in [-0.39, 0.29) is 119 Å². The molecule has 0 fully saturated rings. The molecule has 0 spiro atoms. The van der Waals surface area contributed by atoms with Crippen molar-refractivity contribution in [3.05, 3.63) is 0 Å². The molecule has 0 amide bonds. The molecule has 0 aromatic carbocycles. The van der Waals surface area contributed by atoms with Crippen LogP contribution in [0.4, 0.5) is 0 Å². The van der Waals surface area contributed by atoms with Crippen LogP contribution in [-0.4, -0.2) is 97.8 Å². The molecular formula is Ba2O4Ti. The summed E-state index contributed by atoms with van der Waals surface area (Å²) in [5, 5.41) is 28.0. The van der Waals surface area contributed by atoms with Crippen molar-refractivity contribution in [1.29, 1.82) is 0 Å². The molecule has 0 aromatic heterocycles. The molecule has 0 saturated carbocycles. The smallest absolute Gasteiger partial charge is 1.00 e. The summed E-state index contributed by atoms with van der Waals surface area (Å²) in [7, 11) is 0. The van der Waals surface area contributed by atoms with Gasteiger partial charge in [-0.15, -0.1) is 0 Å². The SMILES string of the molecule is [Ba+2].[Ba+2].[O-][O-].[O-][O-].[Ti]. The van der Waals surface area contributed by atoms with Crippen molar-refractivity contribution in [2.24, 2.45) is 0 Å². The first-order chi connectivity index (χ1) is 2.00. The molecule has 7 heavy (non-hydrogen) atoms. The van der Waals surface area contributed by atoms with Gasteiger partial charge in [0.15, 0.2) is 0 Å². The van der Waals surface area contributed by atoms with Gasteiger partial charge in [0.2, 0.25) is 0 Å². The van der Waals surface area contributed by atoms with E-state index in [1.165, 1.54) is 0 Å². The van der Waals surface area contributed by atoms with Gasteiger partial charge in [0, 0.05) is 21.7 Å². The molecule has 0 bridgehead atoms. The molecule has 0 radical (unpaired) electrons. The Bertz CT molecular complexity index is 9.65. The van der Waals surface area contributed by atoms with Gasteiger partial charge in [-0.25, -0.2) is 0 Å².